The molecule has 1 aliphatic rings. The number of carbonyl (C=O) groups is 2. The van der Waals surface area contributed by atoms with Gasteiger partial charge in [0.15, 0.2) is 0 Å². The van der Waals surface area contributed by atoms with Gasteiger partial charge in [-0.3, -0.25) is 24.3 Å². The minimum absolute atomic E-state index is 0.267. The van der Waals surface area contributed by atoms with Gasteiger partial charge in [-0.15, -0.1) is 0 Å². The summed E-state index contributed by atoms with van der Waals surface area (Å²) < 4.78 is 1.35. The summed E-state index contributed by atoms with van der Waals surface area (Å²) in [5.41, 5.74) is 8.49. The molecule has 2 heterocycles. The molecule has 0 spiro atoms. The minimum atomic E-state index is -0.761. The van der Waals surface area contributed by atoms with Gasteiger partial charge in [0.25, 0.3) is 5.56 Å². The lowest BCUT2D eigenvalue weighted by atomic mass is 9.78. The molecule has 1 aromatic heterocycles. The monoisotopic (exact) mass is 322 g/mol. The topological polar surface area (TPSA) is 107 Å². The van der Waals surface area contributed by atoms with E-state index in [-0.39, 0.29) is 23.7 Å². The molecule has 10 heteroatoms. The fourth-order valence-corrected chi connectivity index (χ4v) is 3.20. The number of nitrogens with two attached hydrogens (primary N) is 1. The number of benzene rings is 1. The lowest BCUT2D eigenvalue weighted by Gasteiger charge is -2.28. The van der Waals surface area contributed by atoms with Gasteiger partial charge >= 0.3 is 0 Å². The maximum Gasteiger partial charge on any atom is 0.264 e. The van der Waals surface area contributed by atoms with Gasteiger partial charge in [-0.2, -0.15) is 0 Å². The van der Waals surface area contributed by atoms with Crippen molar-refractivity contribution in [3.05, 3.63) is 22.2 Å². The largest absolute Gasteiger partial charge is 0.398 e. The number of nitrogens with one attached hydrogen (secondary N) is 1. The molecule has 24 heavy (non-hydrogen) atoms. The molecule has 0 bridgehead atoms. The molecule has 0 aliphatic carbocycles. The molecule has 1 aromatic carbocycles. The number of rotatable bonds is 1. The minimum Gasteiger partial charge on any atom is -0.398 e. The fourth-order valence-electron chi connectivity index (χ4n) is 3.20. The highest BCUT2D eigenvalue weighted by molar-refractivity contribution is 6.52. The van der Waals surface area contributed by atoms with Crippen molar-refractivity contribution in [2.75, 3.05) is 5.73 Å². The second-order valence-corrected chi connectivity index (χ2v) is 6.47. The number of fused-ring (bicyclic) bond motifs is 1. The molecule has 3 N–H and O–H groups in total. The number of amides is 2. The predicted molar refractivity (Wildman–Crippen MR) is 101 cm³/mol. The molecule has 2 aromatic rings. The van der Waals surface area contributed by atoms with Gasteiger partial charge in [0, 0.05) is 11.5 Å². The van der Waals surface area contributed by atoms with Crippen LogP contribution in [-0.4, -0.2) is 44.9 Å². The van der Waals surface area contributed by atoms with Crippen molar-refractivity contribution in [1.82, 2.24) is 14.9 Å². The first-order chi connectivity index (χ1) is 11.2. The van der Waals surface area contributed by atoms with Gasteiger partial charge in [0.2, 0.25) is 11.8 Å². The summed E-state index contributed by atoms with van der Waals surface area (Å²) in [6, 6.07) is 1.07. The standard InChI is InChI=1S/C14H17B3N4O3/c1-4-19-7-2-5(15)10(17)11(18)9(7)14(24)21(4)8-3-6(16)12(22)20-13(8)23/h2,6,8H,3,15-18H2,1H3,(H,20,22,23). The number of aromatic nitrogens is 2. The Hall–Kier alpha value is -2.51. The molecule has 120 valence electrons. The number of carbonyl (C=O) groups excluding carboxylic acids is 2. The molecule has 0 radical (unpaired) electrons. The van der Waals surface area contributed by atoms with Crippen molar-refractivity contribution in [3.8, 4) is 0 Å². The Kier molecular flexibility index (Phi) is 3.78. The first kappa shape index (κ1) is 16.4. The van der Waals surface area contributed by atoms with Gasteiger partial charge in [-0.05, 0) is 19.4 Å². The summed E-state index contributed by atoms with van der Waals surface area (Å²) in [7, 11) is 5.49. The zero-order valence-electron chi connectivity index (χ0n) is 14.1. The van der Waals surface area contributed by atoms with Gasteiger partial charge < -0.3 is 5.73 Å². The third-order valence-corrected chi connectivity index (χ3v) is 4.82. The van der Waals surface area contributed by atoms with Crippen molar-refractivity contribution < 1.29 is 9.59 Å². The second-order valence-electron chi connectivity index (χ2n) is 6.47. The lowest BCUT2D eigenvalue weighted by Crippen LogP contribution is -2.48. The Morgan fingerprint density at radius 2 is 1.96 bits per heavy atom. The maximum atomic E-state index is 13.0. The van der Waals surface area contributed by atoms with E-state index in [1.54, 1.807) is 14.8 Å². The van der Waals surface area contributed by atoms with Crippen molar-refractivity contribution >= 4 is 62.9 Å². The van der Waals surface area contributed by atoms with Crippen LogP contribution in [0.2, 0.25) is 5.82 Å². The second kappa shape index (κ2) is 5.54. The van der Waals surface area contributed by atoms with Crippen LogP contribution in [0.4, 0.5) is 5.69 Å². The highest BCUT2D eigenvalue weighted by Crippen LogP contribution is 2.25. The van der Waals surface area contributed by atoms with E-state index in [1.165, 1.54) is 4.57 Å². The van der Waals surface area contributed by atoms with E-state index in [0.717, 1.165) is 10.9 Å². The molecule has 0 saturated carbocycles. The van der Waals surface area contributed by atoms with Crippen LogP contribution >= 0.6 is 0 Å². The summed E-state index contributed by atoms with van der Waals surface area (Å²) in [4.78, 5) is 41.4. The molecule has 3 rings (SSSR count). The first-order valence-corrected chi connectivity index (χ1v) is 7.85. The van der Waals surface area contributed by atoms with Crippen LogP contribution in [0.25, 0.3) is 10.9 Å². The Labute approximate surface area is 141 Å². The van der Waals surface area contributed by atoms with Gasteiger partial charge in [-0.25, -0.2) is 4.98 Å². The van der Waals surface area contributed by atoms with E-state index in [1.807, 2.05) is 21.8 Å². The number of nitrogen functional groups attached to an aromatic ring is 1. The average molecular weight is 322 g/mol. The van der Waals surface area contributed by atoms with Crippen LogP contribution in [0.3, 0.4) is 0 Å². The molecular weight excluding hydrogens is 305 g/mol. The van der Waals surface area contributed by atoms with Crippen LogP contribution in [-0.2, 0) is 9.59 Å². The van der Waals surface area contributed by atoms with E-state index in [4.69, 9.17) is 5.73 Å². The predicted octanol–water partition coefficient (Wildman–Crippen LogP) is -4.19. The normalized spacial score (nSPS) is 21.0. The van der Waals surface area contributed by atoms with E-state index in [9.17, 15) is 14.4 Å². The number of imide groups is 1. The van der Waals surface area contributed by atoms with Gasteiger partial charge in [0.05, 0.1) is 10.9 Å². The molecule has 1 aliphatic heterocycles. The van der Waals surface area contributed by atoms with Crippen LogP contribution in [0.5, 0.6) is 0 Å². The highest BCUT2D eigenvalue weighted by Gasteiger charge is 2.35. The Morgan fingerprint density at radius 3 is 2.62 bits per heavy atom. The zero-order chi connectivity index (χ0) is 17.8. The molecule has 2 unspecified atom stereocenters. The molecule has 1 fully saturated rings. The van der Waals surface area contributed by atoms with Crippen LogP contribution in [0.15, 0.2) is 10.9 Å². The third kappa shape index (κ3) is 2.33. The quantitative estimate of drug-likeness (QED) is 0.315. The van der Waals surface area contributed by atoms with Crippen LogP contribution in [0, 0.1) is 6.92 Å². The number of nitrogens with zero attached hydrogens (tertiary/aromatic N) is 2. The number of hydrogen-bond acceptors (Lipinski definition) is 5. The summed E-state index contributed by atoms with van der Waals surface area (Å²) >= 11 is 0. The van der Waals surface area contributed by atoms with Crippen molar-refractivity contribution in [3.63, 3.8) is 0 Å². The summed E-state index contributed by atoms with van der Waals surface area (Å²) in [5, 5.41) is 2.64. The molecular formula is C14H17B3N4O3. The smallest absolute Gasteiger partial charge is 0.264 e. The first-order valence-electron chi connectivity index (χ1n) is 7.85. The maximum absolute atomic E-state index is 13.0. The number of hydrogen-bond donors (Lipinski definition) is 2. The Bertz CT molecular complexity index is 957. The number of anilines is 1. The van der Waals surface area contributed by atoms with Crippen LogP contribution < -0.4 is 27.5 Å². The van der Waals surface area contributed by atoms with E-state index in [2.05, 4.69) is 10.3 Å². The van der Waals surface area contributed by atoms with E-state index < -0.39 is 11.9 Å². The SMILES string of the molecule is Bc1cc2nc(C)n(C3CC(B)C(=O)NC3=O)c(=O)c2c(N)c1B. The van der Waals surface area contributed by atoms with Crippen molar-refractivity contribution in [2.24, 2.45) is 0 Å². The van der Waals surface area contributed by atoms with Crippen molar-refractivity contribution in [1.29, 1.82) is 0 Å². The van der Waals surface area contributed by atoms with Gasteiger partial charge in [-0.1, -0.05) is 10.9 Å². The fraction of sp³-hybridized carbons (Fsp3) is 0.286. The summed E-state index contributed by atoms with van der Waals surface area (Å²) in [6.07, 6.45) is 0.267. The van der Waals surface area contributed by atoms with Crippen LogP contribution in [0.1, 0.15) is 18.3 Å². The Morgan fingerprint density at radius 1 is 1.29 bits per heavy atom. The number of piperidine rings is 1. The molecule has 1 saturated heterocycles. The molecule has 7 nitrogen and oxygen atoms in total. The highest BCUT2D eigenvalue weighted by atomic mass is 16.2. The van der Waals surface area contributed by atoms with E-state index in [0.29, 0.717) is 22.4 Å². The molecule has 2 atom stereocenters. The Balaban J connectivity index is 2.28. The van der Waals surface area contributed by atoms with Gasteiger partial charge in [0.1, 0.15) is 35.4 Å². The lowest BCUT2D eigenvalue weighted by molar-refractivity contribution is -0.135. The summed E-state index contributed by atoms with van der Waals surface area (Å²) in [5.74, 6) is -0.725. The van der Waals surface area contributed by atoms with Crippen molar-refractivity contribution in [2.45, 2.75) is 25.2 Å². The third-order valence-electron chi connectivity index (χ3n) is 4.82. The average Bonchev–Trinajstić information content (AvgIpc) is 2.49. The van der Waals surface area contributed by atoms with E-state index >= 15 is 0 Å². The zero-order valence-corrected chi connectivity index (χ0v) is 14.1. The number of aryl methyl sites for hydroxylation is 1. The summed E-state index contributed by atoms with van der Waals surface area (Å²) in [6.45, 7) is 1.68. The molecule has 2 amide bonds.